The average molecular weight is 338 g/mol. The SMILES string of the molecule is CN(C)Cc1ccc(C2CNc3cc(F)cc4c(=O)[nH]nc2c34)cc1. The largest absolute Gasteiger partial charge is 0.383 e. The van der Waals surface area contributed by atoms with Crippen molar-refractivity contribution in [2.24, 2.45) is 0 Å². The molecule has 0 saturated carbocycles. The van der Waals surface area contributed by atoms with Gasteiger partial charge >= 0.3 is 0 Å². The maximum Gasteiger partial charge on any atom is 0.272 e. The van der Waals surface area contributed by atoms with Crippen LogP contribution >= 0.6 is 0 Å². The van der Waals surface area contributed by atoms with E-state index in [0.717, 1.165) is 17.8 Å². The number of rotatable bonds is 3. The molecule has 4 rings (SSSR count). The zero-order chi connectivity index (χ0) is 17.6. The summed E-state index contributed by atoms with van der Waals surface area (Å²) in [4.78, 5) is 14.2. The van der Waals surface area contributed by atoms with Gasteiger partial charge in [0.25, 0.3) is 5.56 Å². The van der Waals surface area contributed by atoms with Crippen LogP contribution in [0.5, 0.6) is 0 Å². The van der Waals surface area contributed by atoms with Crippen molar-refractivity contribution in [3.63, 3.8) is 0 Å². The van der Waals surface area contributed by atoms with E-state index in [4.69, 9.17) is 0 Å². The Morgan fingerprint density at radius 3 is 2.72 bits per heavy atom. The van der Waals surface area contributed by atoms with Crippen LogP contribution in [0.15, 0.2) is 41.2 Å². The number of aromatic amines is 1. The molecule has 25 heavy (non-hydrogen) atoms. The summed E-state index contributed by atoms with van der Waals surface area (Å²) in [6.45, 7) is 1.49. The molecule has 0 fully saturated rings. The highest BCUT2D eigenvalue weighted by Gasteiger charge is 2.26. The molecule has 0 spiro atoms. The van der Waals surface area contributed by atoms with E-state index >= 15 is 0 Å². The third kappa shape index (κ3) is 2.78. The molecule has 3 aromatic rings. The van der Waals surface area contributed by atoms with Crippen LogP contribution in [-0.4, -0.2) is 35.7 Å². The lowest BCUT2D eigenvalue weighted by Gasteiger charge is -2.26. The lowest BCUT2D eigenvalue weighted by Crippen LogP contribution is -2.24. The van der Waals surface area contributed by atoms with Crippen LogP contribution in [-0.2, 0) is 6.54 Å². The van der Waals surface area contributed by atoms with Crippen molar-refractivity contribution in [2.45, 2.75) is 12.5 Å². The van der Waals surface area contributed by atoms with Crippen molar-refractivity contribution in [3.8, 4) is 0 Å². The van der Waals surface area contributed by atoms with Crippen LogP contribution in [0.25, 0.3) is 10.8 Å². The van der Waals surface area contributed by atoms with E-state index in [1.807, 2.05) is 14.1 Å². The molecule has 1 aliphatic rings. The fourth-order valence-corrected chi connectivity index (χ4v) is 3.49. The minimum Gasteiger partial charge on any atom is -0.383 e. The van der Waals surface area contributed by atoms with Gasteiger partial charge in [-0.25, -0.2) is 9.49 Å². The van der Waals surface area contributed by atoms with Crippen molar-refractivity contribution in [1.29, 1.82) is 0 Å². The third-order valence-electron chi connectivity index (χ3n) is 4.59. The Balaban J connectivity index is 1.81. The van der Waals surface area contributed by atoms with Crippen molar-refractivity contribution >= 4 is 16.5 Å². The quantitative estimate of drug-likeness (QED) is 0.771. The summed E-state index contributed by atoms with van der Waals surface area (Å²) in [5, 5.41) is 11.1. The van der Waals surface area contributed by atoms with Gasteiger partial charge < -0.3 is 10.2 Å². The number of aromatic nitrogens is 2. The second kappa shape index (κ2) is 5.97. The molecule has 2 aromatic carbocycles. The Morgan fingerprint density at radius 1 is 1.24 bits per heavy atom. The van der Waals surface area contributed by atoms with E-state index in [-0.39, 0.29) is 11.5 Å². The molecule has 0 amide bonds. The fraction of sp³-hybridized carbons (Fsp3) is 0.263. The fourth-order valence-electron chi connectivity index (χ4n) is 3.49. The molecule has 5 nitrogen and oxygen atoms in total. The molecule has 128 valence electrons. The molecular weight excluding hydrogens is 319 g/mol. The lowest BCUT2D eigenvalue weighted by atomic mass is 9.88. The number of anilines is 1. The van der Waals surface area contributed by atoms with Gasteiger partial charge in [0.1, 0.15) is 5.82 Å². The van der Waals surface area contributed by atoms with Gasteiger partial charge in [0, 0.05) is 30.1 Å². The molecule has 1 unspecified atom stereocenters. The summed E-state index contributed by atoms with van der Waals surface area (Å²) < 4.78 is 13.8. The van der Waals surface area contributed by atoms with E-state index in [1.54, 1.807) is 0 Å². The number of nitrogens with one attached hydrogen (secondary N) is 2. The summed E-state index contributed by atoms with van der Waals surface area (Å²) in [7, 11) is 4.08. The van der Waals surface area contributed by atoms with E-state index in [1.165, 1.54) is 17.7 Å². The zero-order valence-corrected chi connectivity index (χ0v) is 14.1. The molecule has 2 heterocycles. The number of nitrogens with zero attached hydrogens (tertiary/aromatic N) is 2. The highest BCUT2D eigenvalue weighted by Crippen LogP contribution is 2.36. The van der Waals surface area contributed by atoms with Gasteiger partial charge in [-0.3, -0.25) is 4.79 Å². The van der Waals surface area contributed by atoms with Crippen LogP contribution in [0.1, 0.15) is 22.7 Å². The molecule has 0 aliphatic carbocycles. The van der Waals surface area contributed by atoms with Crippen molar-refractivity contribution in [3.05, 3.63) is 69.4 Å². The smallest absolute Gasteiger partial charge is 0.272 e. The predicted molar refractivity (Wildman–Crippen MR) is 96.5 cm³/mol. The summed E-state index contributed by atoms with van der Waals surface area (Å²) in [6, 6.07) is 11.1. The van der Waals surface area contributed by atoms with E-state index in [9.17, 15) is 9.18 Å². The highest BCUT2D eigenvalue weighted by atomic mass is 19.1. The van der Waals surface area contributed by atoms with Crippen LogP contribution in [0.2, 0.25) is 0 Å². The first-order chi connectivity index (χ1) is 12.0. The Kier molecular flexibility index (Phi) is 3.77. The van der Waals surface area contributed by atoms with Crippen LogP contribution in [0.4, 0.5) is 10.1 Å². The average Bonchev–Trinajstić information content (AvgIpc) is 2.58. The summed E-state index contributed by atoms with van der Waals surface area (Å²) in [5.74, 6) is -0.421. The van der Waals surface area contributed by atoms with Crippen LogP contribution < -0.4 is 10.9 Å². The van der Waals surface area contributed by atoms with E-state index < -0.39 is 5.82 Å². The maximum absolute atomic E-state index is 13.8. The van der Waals surface area contributed by atoms with Gasteiger partial charge in [-0.15, -0.1) is 0 Å². The van der Waals surface area contributed by atoms with Crippen molar-refractivity contribution in [1.82, 2.24) is 15.1 Å². The first-order valence-corrected chi connectivity index (χ1v) is 8.22. The van der Waals surface area contributed by atoms with Crippen LogP contribution in [0, 0.1) is 5.82 Å². The van der Waals surface area contributed by atoms with Gasteiger partial charge in [-0.05, 0) is 37.4 Å². The minimum atomic E-state index is -0.427. The molecule has 1 aromatic heterocycles. The normalized spacial score (nSPS) is 16.2. The standard InChI is InChI=1S/C19H19FN4O/c1-24(2)10-11-3-5-12(6-4-11)15-9-21-16-8-13(20)7-14-17(16)18(15)22-23-19(14)25/h3-8,15,21H,9-10H2,1-2H3,(H,23,25). The predicted octanol–water partition coefficient (Wildman–Crippen LogP) is 2.68. The van der Waals surface area contributed by atoms with Gasteiger partial charge in [0.15, 0.2) is 0 Å². The van der Waals surface area contributed by atoms with Crippen LogP contribution in [0.3, 0.4) is 0 Å². The Bertz CT molecular complexity index is 995. The van der Waals surface area contributed by atoms with E-state index in [2.05, 4.69) is 44.7 Å². The number of benzene rings is 2. The lowest BCUT2D eigenvalue weighted by molar-refractivity contribution is 0.402. The topological polar surface area (TPSA) is 61.0 Å². The number of H-pyrrole nitrogens is 1. The first kappa shape index (κ1) is 15.8. The highest BCUT2D eigenvalue weighted by molar-refractivity contribution is 5.97. The van der Waals surface area contributed by atoms with Crippen molar-refractivity contribution in [2.75, 3.05) is 26.0 Å². The molecule has 0 bridgehead atoms. The molecule has 1 aliphatic heterocycles. The van der Waals surface area contributed by atoms with Gasteiger partial charge in [-0.2, -0.15) is 5.10 Å². The number of hydrogen-bond donors (Lipinski definition) is 2. The second-order valence-corrected chi connectivity index (χ2v) is 6.73. The Labute approximate surface area is 144 Å². The first-order valence-electron chi connectivity index (χ1n) is 8.22. The third-order valence-corrected chi connectivity index (χ3v) is 4.59. The summed E-state index contributed by atoms with van der Waals surface area (Å²) in [6.07, 6.45) is 0. The molecule has 6 heteroatoms. The molecule has 1 atom stereocenters. The monoisotopic (exact) mass is 338 g/mol. The van der Waals surface area contributed by atoms with E-state index in [0.29, 0.717) is 23.0 Å². The Morgan fingerprint density at radius 2 is 2.00 bits per heavy atom. The molecule has 0 radical (unpaired) electrons. The van der Waals surface area contributed by atoms with Crippen molar-refractivity contribution < 1.29 is 4.39 Å². The minimum absolute atomic E-state index is 0.00529. The summed E-state index contributed by atoms with van der Waals surface area (Å²) >= 11 is 0. The van der Waals surface area contributed by atoms with Gasteiger partial charge in [0.05, 0.1) is 11.1 Å². The Hall–Kier alpha value is -2.73. The number of hydrogen-bond acceptors (Lipinski definition) is 4. The van der Waals surface area contributed by atoms with Gasteiger partial charge in [-0.1, -0.05) is 24.3 Å². The number of halogens is 1. The molecule has 2 N–H and O–H groups in total. The summed E-state index contributed by atoms with van der Waals surface area (Å²) in [5.41, 5.74) is 3.39. The second-order valence-electron chi connectivity index (χ2n) is 6.73. The zero-order valence-electron chi connectivity index (χ0n) is 14.1. The maximum atomic E-state index is 13.8. The molecule has 0 saturated heterocycles. The molecular formula is C19H19FN4O. The van der Waals surface area contributed by atoms with Gasteiger partial charge in [0.2, 0.25) is 0 Å².